The summed E-state index contributed by atoms with van der Waals surface area (Å²) in [6.07, 6.45) is 8.29. The van der Waals surface area contributed by atoms with Crippen LogP contribution in [0.15, 0.2) is 40.9 Å². The molecule has 2 atom stereocenters. The van der Waals surface area contributed by atoms with Gasteiger partial charge in [-0.1, -0.05) is 48.8 Å². The van der Waals surface area contributed by atoms with Crippen LogP contribution in [0.1, 0.15) is 49.6 Å². The summed E-state index contributed by atoms with van der Waals surface area (Å²) in [6, 6.07) is 13.7. The van der Waals surface area contributed by atoms with Crippen LogP contribution in [0.2, 0.25) is 0 Å². The van der Waals surface area contributed by atoms with E-state index in [1.165, 1.54) is 31.2 Å². The van der Waals surface area contributed by atoms with Crippen molar-refractivity contribution in [1.29, 1.82) is 0 Å². The van der Waals surface area contributed by atoms with Gasteiger partial charge in [0.15, 0.2) is 0 Å². The Morgan fingerprint density at radius 3 is 2.87 bits per heavy atom. The van der Waals surface area contributed by atoms with Crippen molar-refractivity contribution in [2.75, 3.05) is 6.54 Å². The third-order valence-electron chi connectivity index (χ3n) is 4.98. The Morgan fingerprint density at radius 1 is 1.22 bits per heavy atom. The lowest BCUT2D eigenvalue weighted by Crippen LogP contribution is -2.34. The molecule has 23 heavy (non-hydrogen) atoms. The van der Waals surface area contributed by atoms with Crippen LogP contribution < -0.4 is 5.32 Å². The zero-order valence-corrected chi connectivity index (χ0v) is 14.1. The molecule has 1 N–H and O–H groups in total. The van der Waals surface area contributed by atoms with Gasteiger partial charge in [-0.25, -0.2) is 0 Å². The first-order valence-electron chi connectivity index (χ1n) is 9.07. The molecule has 124 valence electrons. The maximum absolute atomic E-state index is 5.35. The van der Waals surface area contributed by atoms with E-state index in [1.54, 1.807) is 0 Å². The summed E-state index contributed by atoms with van der Waals surface area (Å²) in [7, 11) is 0. The first-order valence-corrected chi connectivity index (χ1v) is 9.07. The molecule has 0 spiro atoms. The second-order valence-electron chi connectivity index (χ2n) is 6.68. The molecular formula is C20H28N2O. The fourth-order valence-electron chi connectivity index (χ4n) is 3.66. The molecule has 3 nitrogen and oxygen atoms in total. The van der Waals surface area contributed by atoms with E-state index >= 15 is 0 Å². The molecule has 1 aliphatic carbocycles. The Hall–Kier alpha value is -1.61. The molecule has 0 saturated heterocycles. The monoisotopic (exact) mass is 312 g/mol. The van der Waals surface area contributed by atoms with Gasteiger partial charge in [0.25, 0.3) is 0 Å². The minimum absolute atomic E-state index is 0.677. The van der Waals surface area contributed by atoms with E-state index in [0.29, 0.717) is 6.04 Å². The third kappa shape index (κ3) is 4.68. The molecular weight excluding hydrogens is 284 g/mol. The number of nitrogens with one attached hydrogen (secondary N) is 1. The molecule has 1 aromatic heterocycles. The van der Waals surface area contributed by atoms with Crippen molar-refractivity contribution in [3.8, 4) is 0 Å². The normalized spacial score (nSPS) is 20.9. The van der Waals surface area contributed by atoms with E-state index in [0.717, 1.165) is 43.2 Å². The molecule has 3 heteroatoms. The van der Waals surface area contributed by atoms with Crippen molar-refractivity contribution < 1.29 is 4.52 Å². The summed E-state index contributed by atoms with van der Waals surface area (Å²) in [5.74, 6) is 1.81. The number of aryl methyl sites for hydroxylation is 2. The van der Waals surface area contributed by atoms with Crippen LogP contribution in [-0.4, -0.2) is 17.7 Å². The first-order chi connectivity index (χ1) is 11.3. The Labute approximate surface area is 139 Å². The molecule has 3 rings (SSSR count). The average Bonchev–Trinajstić information content (AvgIpc) is 3.22. The molecule has 1 aliphatic rings. The topological polar surface area (TPSA) is 38.1 Å². The SMILES string of the molecule is CCc1cc(CCCN[C@H]2CCC[C@@H]2Cc2ccccc2)on1. The fourth-order valence-corrected chi connectivity index (χ4v) is 3.66. The summed E-state index contributed by atoms with van der Waals surface area (Å²) in [5.41, 5.74) is 2.53. The van der Waals surface area contributed by atoms with Gasteiger partial charge in [0.2, 0.25) is 0 Å². The third-order valence-corrected chi connectivity index (χ3v) is 4.98. The van der Waals surface area contributed by atoms with Gasteiger partial charge in [-0.05, 0) is 50.1 Å². The van der Waals surface area contributed by atoms with Crippen LogP contribution in [0.4, 0.5) is 0 Å². The van der Waals surface area contributed by atoms with Gasteiger partial charge in [0.05, 0.1) is 5.69 Å². The van der Waals surface area contributed by atoms with Crippen LogP contribution >= 0.6 is 0 Å². The lowest BCUT2D eigenvalue weighted by Gasteiger charge is -2.21. The number of nitrogens with zero attached hydrogens (tertiary/aromatic N) is 1. The van der Waals surface area contributed by atoms with E-state index in [9.17, 15) is 0 Å². The zero-order valence-electron chi connectivity index (χ0n) is 14.1. The van der Waals surface area contributed by atoms with Crippen molar-refractivity contribution in [3.63, 3.8) is 0 Å². The average molecular weight is 312 g/mol. The van der Waals surface area contributed by atoms with Gasteiger partial charge in [0, 0.05) is 18.5 Å². The van der Waals surface area contributed by atoms with Crippen LogP contribution in [-0.2, 0) is 19.3 Å². The van der Waals surface area contributed by atoms with E-state index in [-0.39, 0.29) is 0 Å². The predicted octanol–water partition coefficient (Wildman–Crippen LogP) is 4.17. The summed E-state index contributed by atoms with van der Waals surface area (Å²) < 4.78 is 5.35. The Balaban J connectivity index is 1.40. The molecule has 0 amide bonds. The number of aromatic nitrogens is 1. The van der Waals surface area contributed by atoms with Crippen LogP contribution in [0, 0.1) is 5.92 Å². The zero-order chi connectivity index (χ0) is 15.9. The second kappa shape index (κ2) is 8.30. The van der Waals surface area contributed by atoms with Gasteiger partial charge in [-0.15, -0.1) is 0 Å². The van der Waals surface area contributed by atoms with E-state index < -0.39 is 0 Å². The van der Waals surface area contributed by atoms with Crippen molar-refractivity contribution in [2.45, 2.75) is 57.9 Å². The summed E-state index contributed by atoms with van der Waals surface area (Å²) in [5, 5.41) is 7.84. The van der Waals surface area contributed by atoms with Crippen LogP contribution in [0.3, 0.4) is 0 Å². The molecule has 1 aromatic carbocycles. The molecule has 1 saturated carbocycles. The van der Waals surface area contributed by atoms with E-state index in [4.69, 9.17) is 4.52 Å². The van der Waals surface area contributed by atoms with Gasteiger partial charge in [-0.3, -0.25) is 0 Å². The van der Waals surface area contributed by atoms with Crippen molar-refractivity contribution in [1.82, 2.24) is 10.5 Å². The lowest BCUT2D eigenvalue weighted by atomic mass is 9.94. The lowest BCUT2D eigenvalue weighted by molar-refractivity contribution is 0.365. The molecule has 1 fully saturated rings. The van der Waals surface area contributed by atoms with Gasteiger partial charge < -0.3 is 9.84 Å². The standard InChI is InChI=1S/C20H28N2O/c1-2-18-15-19(23-22-18)11-7-13-21-20-12-6-10-17(20)14-16-8-4-3-5-9-16/h3-5,8-9,15,17,20-21H,2,6-7,10-14H2,1H3/t17-,20+/m1/s1. The van der Waals surface area contributed by atoms with Crippen molar-refractivity contribution in [3.05, 3.63) is 53.4 Å². The van der Waals surface area contributed by atoms with Crippen LogP contribution in [0.25, 0.3) is 0 Å². The number of benzene rings is 1. The maximum atomic E-state index is 5.35. The number of rotatable bonds is 8. The Bertz CT molecular complexity index is 578. The minimum Gasteiger partial charge on any atom is -0.361 e. The number of hydrogen-bond donors (Lipinski definition) is 1. The molecule has 1 heterocycles. The summed E-state index contributed by atoms with van der Waals surface area (Å²) in [4.78, 5) is 0. The Morgan fingerprint density at radius 2 is 2.09 bits per heavy atom. The highest BCUT2D eigenvalue weighted by atomic mass is 16.5. The highest BCUT2D eigenvalue weighted by Gasteiger charge is 2.26. The summed E-state index contributed by atoms with van der Waals surface area (Å²) >= 11 is 0. The van der Waals surface area contributed by atoms with Gasteiger partial charge in [0.1, 0.15) is 5.76 Å². The van der Waals surface area contributed by atoms with Crippen molar-refractivity contribution in [2.24, 2.45) is 5.92 Å². The first kappa shape index (κ1) is 16.3. The molecule has 0 bridgehead atoms. The maximum Gasteiger partial charge on any atom is 0.137 e. The van der Waals surface area contributed by atoms with Gasteiger partial charge >= 0.3 is 0 Å². The predicted molar refractivity (Wildman–Crippen MR) is 93.5 cm³/mol. The quantitative estimate of drug-likeness (QED) is 0.743. The van der Waals surface area contributed by atoms with Crippen molar-refractivity contribution >= 4 is 0 Å². The largest absolute Gasteiger partial charge is 0.361 e. The molecule has 0 aliphatic heterocycles. The molecule has 0 unspecified atom stereocenters. The molecule has 0 radical (unpaired) electrons. The smallest absolute Gasteiger partial charge is 0.137 e. The minimum atomic E-state index is 0.677. The molecule has 2 aromatic rings. The van der Waals surface area contributed by atoms with E-state index in [1.807, 2.05) is 0 Å². The highest BCUT2D eigenvalue weighted by molar-refractivity contribution is 5.16. The van der Waals surface area contributed by atoms with Gasteiger partial charge in [-0.2, -0.15) is 0 Å². The highest BCUT2D eigenvalue weighted by Crippen LogP contribution is 2.28. The Kier molecular flexibility index (Phi) is 5.87. The van der Waals surface area contributed by atoms with Crippen LogP contribution in [0.5, 0.6) is 0 Å². The fraction of sp³-hybridized carbons (Fsp3) is 0.550. The summed E-state index contributed by atoms with van der Waals surface area (Å²) in [6.45, 7) is 3.17. The van der Waals surface area contributed by atoms with E-state index in [2.05, 4.69) is 53.8 Å². The number of hydrogen-bond acceptors (Lipinski definition) is 3. The second-order valence-corrected chi connectivity index (χ2v) is 6.68.